The number of nitro benzene ring substituents is 1. The van der Waals surface area contributed by atoms with Crippen LogP contribution in [-0.4, -0.2) is 28.0 Å². The Morgan fingerprint density at radius 1 is 1.16 bits per heavy atom. The summed E-state index contributed by atoms with van der Waals surface area (Å²) < 4.78 is 11.7. The highest BCUT2D eigenvalue weighted by molar-refractivity contribution is 7.80. The Kier molecular flexibility index (Phi) is 6.75. The molecule has 1 saturated heterocycles. The van der Waals surface area contributed by atoms with E-state index in [0.29, 0.717) is 39.3 Å². The van der Waals surface area contributed by atoms with Gasteiger partial charge in [0.1, 0.15) is 23.3 Å². The second kappa shape index (κ2) is 10.3. The molecule has 0 radical (unpaired) electrons. The number of pyridine rings is 1. The van der Waals surface area contributed by atoms with Crippen molar-refractivity contribution in [3.05, 3.63) is 101 Å². The number of nitrogens with one attached hydrogen (secondary N) is 2. The van der Waals surface area contributed by atoms with Gasteiger partial charge in [0.25, 0.3) is 5.69 Å². The number of aromatic nitrogens is 1. The second-order valence-electron chi connectivity index (χ2n) is 8.57. The van der Waals surface area contributed by atoms with Crippen LogP contribution in [0.25, 0.3) is 11.3 Å². The molecule has 0 bridgehead atoms. The number of thiocarbonyl (C=S) groups is 1. The zero-order valence-electron chi connectivity index (χ0n) is 20.5. The monoisotopic (exact) mass is 529 g/mol. The van der Waals surface area contributed by atoms with Gasteiger partial charge in [-0.3, -0.25) is 19.9 Å². The number of hydrogen-bond donors (Lipinski definition) is 2. The maximum atomic E-state index is 11.8. The van der Waals surface area contributed by atoms with Gasteiger partial charge in [-0.25, -0.2) is 0 Å². The number of nitrogens with zero attached hydrogens (tertiary/aromatic N) is 3. The van der Waals surface area contributed by atoms with Crippen molar-refractivity contribution in [2.24, 2.45) is 0 Å². The van der Waals surface area contributed by atoms with E-state index in [4.69, 9.17) is 21.4 Å². The molecule has 10 nitrogen and oxygen atoms in total. The van der Waals surface area contributed by atoms with Crippen molar-refractivity contribution in [1.29, 1.82) is 0 Å². The van der Waals surface area contributed by atoms with Crippen LogP contribution in [0.2, 0.25) is 0 Å². The van der Waals surface area contributed by atoms with E-state index >= 15 is 0 Å². The summed E-state index contributed by atoms with van der Waals surface area (Å²) in [6, 6.07) is 20.1. The number of furan rings is 1. The Bertz CT molecular complexity index is 1520. The molecule has 0 spiro atoms. The van der Waals surface area contributed by atoms with Gasteiger partial charge in [-0.2, -0.15) is 0 Å². The highest BCUT2D eigenvalue weighted by Gasteiger charge is 2.42. The van der Waals surface area contributed by atoms with Crippen molar-refractivity contribution in [2.45, 2.75) is 19.0 Å². The minimum absolute atomic E-state index is 0.0270. The first kappa shape index (κ1) is 24.9. The molecule has 2 aromatic carbocycles. The number of nitro groups is 1. The predicted molar refractivity (Wildman–Crippen MR) is 146 cm³/mol. The summed E-state index contributed by atoms with van der Waals surface area (Å²) in [7, 11) is 1.53. The van der Waals surface area contributed by atoms with E-state index in [1.165, 1.54) is 26.2 Å². The van der Waals surface area contributed by atoms with Crippen LogP contribution in [0.1, 0.15) is 30.5 Å². The van der Waals surface area contributed by atoms with Gasteiger partial charge in [-0.05, 0) is 54.7 Å². The largest absolute Gasteiger partial charge is 0.495 e. The summed E-state index contributed by atoms with van der Waals surface area (Å²) in [5.41, 5.74) is 2.50. The van der Waals surface area contributed by atoms with E-state index in [0.717, 1.165) is 5.69 Å². The third-order valence-corrected chi connectivity index (χ3v) is 6.44. The molecular weight excluding hydrogens is 506 g/mol. The Labute approximate surface area is 223 Å². The van der Waals surface area contributed by atoms with Crippen LogP contribution in [0.3, 0.4) is 0 Å². The number of ether oxygens (including phenoxy) is 1. The normalized spacial score (nSPS) is 16.7. The number of carbonyl (C=O) groups excluding carboxylic acids is 1. The number of benzene rings is 2. The van der Waals surface area contributed by atoms with Crippen LogP contribution in [0.5, 0.6) is 5.75 Å². The van der Waals surface area contributed by atoms with Crippen molar-refractivity contribution >= 4 is 40.3 Å². The summed E-state index contributed by atoms with van der Waals surface area (Å²) >= 11 is 5.77. The molecule has 2 aromatic heterocycles. The molecule has 3 heterocycles. The van der Waals surface area contributed by atoms with E-state index in [1.54, 1.807) is 36.5 Å². The number of hydrogen-bond acceptors (Lipinski definition) is 7. The Balaban J connectivity index is 1.60. The van der Waals surface area contributed by atoms with Gasteiger partial charge in [0.2, 0.25) is 5.91 Å². The molecule has 4 aromatic rings. The minimum Gasteiger partial charge on any atom is -0.495 e. The van der Waals surface area contributed by atoms with E-state index in [9.17, 15) is 14.9 Å². The fraction of sp³-hybridized carbons (Fsp3) is 0.148. The molecule has 11 heteroatoms. The molecule has 38 heavy (non-hydrogen) atoms. The van der Waals surface area contributed by atoms with E-state index < -0.39 is 11.0 Å². The van der Waals surface area contributed by atoms with Crippen molar-refractivity contribution in [1.82, 2.24) is 10.3 Å². The number of carbonyl (C=O) groups is 1. The first-order chi connectivity index (χ1) is 18.4. The van der Waals surface area contributed by atoms with Gasteiger partial charge >= 0.3 is 0 Å². The molecule has 0 saturated carbocycles. The molecule has 1 aliphatic heterocycles. The molecule has 0 unspecified atom stereocenters. The molecule has 1 fully saturated rings. The number of anilines is 2. The van der Waals surface area contributed by atoms with Gasteiger partial charge < -0.3 is 24.7 Å². The van der Waals surface area contributed by atoms with Crippen LogP contribution >= 0.6 is 12.2 Å². The lowest BCUT2D eigenvalue weighted by molar-refractivity contribution is -0.384. The Hall–Kier alpha value is -4.77. The van der Waals surface area contributed by atoms with Gasteiger partial charge in [0, 0.05) is 36.5 Å². The third-order valence-electron chi connectivity index (χ3n) is 6.13. The average molecular weight is 530 g/mol. The maximum Gasteiger partial charge on any atom is 0.270 e. The lowest BCUT2D eigenvalue weighted by Gasteiger charge is -2.27. The third kappa shape index (κ3) is 4.78. The lowest BCUT2D eigenvalue weighted by atomic mass is 10.0. The average Bonchev–Trinajstić information content (AvgIpc) is 3.53. The number of non-ortho nitro benzene ring substituents is 1. The number of amides is 1. The molecule has 1 aliphatic rings. The van der Waals surface area contributed by atoms with E-state index in [2.05, 4.69) is 15.6 Å². The molecule has 2 atom stereocenters. The van der Waals surface area contributed by atoms with E-state index in [-0.39, 0.29) is 17.6 Å². The Morgan fingerprint density at radius 2 is 2.00 bits per heavy atom. The van der Waals surface area contributed by atoms with Crippen molar-refractivity contribution in [3.63, 3.8) is 0 Å². The zero-order valence-corrected chi connectivity index (χ0v) is 21.3. The van der Waals surface area contributed by atoms with Crippen molar-refractivity contribution in [2.75, 3.05) is 17.3 Å². The topological polar surface area (TPSA) is 123 Å². The summed E-state index contributed by atoms with van der Waals surface area (Å²) in [5.74, 6) is 1.32. The zero-order chi connectivity index (χ0) is 26.8. The van der Waals surface area contributed by atoms with Gasteiger partial charge in [-0.1, -0.05) is 18.2 Å². The lowest BCUT2D eigenvalue weighted by Crippen LogP contribution is -2.29. The first-order valence-corrected chi connectivity index (χ1v) is 12.1. The highest BCUT2D eigenvalue weighted by atomic mass is 32.1. The number of methoxy groups -OCH3 is 1. The first-order valence-electron chi connectivity index (χ1n) is 11.7. The van der Waals surface area contributed by atoms with Crippen LogP contribution in [-0.2, 0) is 4.79 Å². The smallest absolute Gasteiger partial charge is 0.270 e. The van der Waals surface area contributed by atoms with Gasteiger partial charge in [0.15, 0.2) is 5.11 Å². The van der Waals surface area contributed by atoms with E-state index in [1.807, 2.05) is 35.2 Å². The highest BCUT2D eigenvalue weighted by Crippen LogP contribution is 2.44. The quantitative estimate of drug-likeness (QED) is 0.184. The fourth-order valence-corrected chi connectivity index (χ4v) is 4.84. The van der Waals surface area contributed by atoms with Gasteiger partial charge in [-0.15, -0.1) is 0 Å². The predicted octanol–water partition coefficient (Wildman–Crippen LogP) is 5.39. The Morgan fingerprint density at radius 3 is 2.71 bits per heavy atom. The molecule has 2 N–H and O–H groups in total. The van der Waals surface area contributed by atoms with Crippen LogP contribution < -0.4 is 20.3 Å². The maximum absolute atomic E-state index is 11.8. The molecule has 5 rings (SSSR count). The second-order valence-corrected chi connectivity index (χ2v) is 8.96. The van der Waals surface area contributed by atoms with Crippen molar-refractivity contribution in [3.8, 4) is 17.1 Å². The van der Waals surface area contributed by atoms with Gasteiger partial charge in [0.05, 0.1) is 29.5 Å². The molecule has 1 amide bonds. The summed E-state index contributed by atoms with van der Waals surface area (Å²) in [5, 5.41) is 17.9. The SMILES string of the molecule is COc1ccc(N2C(=S)N[C@@H](c3ccccn3)[C@@H]2c2ccc(-c3cccc([N+](=O)[O-])c3)o2)cc1NC(C)=O. The fourth-order valence-electron chi connectivity index (χ4n) is 4.49. The standard InChI is InChI=1S/C27H23N5O5S/c1-16(33)29-21-15-18(9-10-23(21)36-2)31-26(25(30-27(31)38)20-8-3-4-13-28-20)24-12-11-22(37-24)17-6-5-7-19(14-17)32(34)35/h3-15,25-26H,1-2H3,(H,29,33)(H,30,38)/t25-,26-/m0/s1. The van der Waals surface area contributed by atoms with Crippen molar-refractivity contribution < 1.29 is 18.9 Å². The minimum atomic E-state index is -0.455. The molecule has 192 valence electrons. The van der Waals surface area contributed by atoms with Crippen LogP contribution in [0, 0.1) is 10.1 Å². The summed E-state index contributed by atoms with van der Waals surface area (Å²) in [4.78, 5) is 29.1. The summed E-state index contributed by atoms with van der Waals surface area (Å²) in [6.45, 7) is 1.42. The summed E-state index contributed by atoms with van der Waals surface area (Å²) in [6.07, 6.45) is 1.71. The van der Waals surface area contributed by atoms with Crippen LogP contribution in [0.4, 0.5) is 17.1 Å². The molecular formula is C27H23N5O5S. The number of rotatable bonds is 7. The van der Waals surface area contributed by atoms with Crippen LogP contribution in [0.15, 0.2) is 83.4 Å². The molecule has 0 aliphatic carbocycles.